The summed E-state index contributed by atoms with van der Waals surface area (Å²) >= 11 is 0. The smallest absolute Gasteiger partial charge is 0.408 e. The fourth-order valence-electron chi connectivity index (χ4n) is 5.12. The molecule has 3 atom stereocenters. The van der Waals surface area contributed by atoms with Gasteiger partial charge in [-0.15, -0.1) is 0 Å². The first-order chi connectivity index (χ1) is 17.4. The molecule has 0 saturated heterocycles. The summed E-state index contributed by atoms with van der Waals surface area (Å²) in [6.07, 6.45) is 6.07. The van der Waals surface area contributed by atoms with Gasteiger partial charge in [-0.3, -0.25) is 9.59 Å². The minimum Gasteiger partial charge on any atom is -0.444 e. The van der Waals surface area contributed by atoms with E-state index in [0.29, 0.717) is 19.4 Å². The number of ether oxygens (including phenoxy) is 1. The summed E-state index contributed by atoms with van der Waals surface area (Å²) in [5, 5.41) is 6.11. The predicted molar refractivity (Wildman–Crippen MR) is 148 cm³/mol. The van der Waals surface area contributed by atoms with E-state index in [-0.39, 0.29) is 23.8 Å². The number of aryl methyl sites for hydroxylation is 2. The third-order valence-electron chi connectivity index (χ3n) is 7.23. The van der Waals surface area contributed by atoms with E-state index in [1.54, 1.807) is 25.7 Å². The molecule has 7 nitrogen and oxygen atoms in total. The molecular weight excluding hydrogens is 466 g/mol. The normalized spacial score (nSPS) is 16.9. The van der Waals surface area contributed by atoms with Crippen molar-refractivity contribution in [3.8, 4) is 0 Å². The lowest BCUT2D eigenvalue weighted by atomic mass is 9.90. The van der Waals surface area contributed by atoms with Crippen molar-refractivity contribution in [3.05, 3.63) is 34.9 Å². The molecule has 0 aliphatic heterocycles. The maximum Gasteiger partial charge on any atom is 0.408 e. The lowest BCUT2D eigenvalue weighted by Gasteiger charge is -2.37. The Morgan fingerprint density at radius 1 is 1.05 bits per heavy atom. The molecule has 0 heterocycles. The van der Waals surface area contributed by atoms with E-state index in [1.807, 2.05) is 52.8 Å². The Bertz CT molecular complexity index is 898. The molecule has 0 radical (unpaired) electrons. The number of carbonyl (C=O) groups excluding carboxylic acids is 3. The van der Waals surface area contributed by atoms with E-state index in [1.165, 1.54) is 6.42 Å². The third kappa shape index (κ3) is 8.75. The largest absolute Gasteiger partial charge is 0.444 e. The van der Waals surface area contributed by atoms with Crippen LogP contribution in [0.1, 0.15) is 109 Å². The first-order valence-electron chi connectivity index (χ1n) is 14.1. The highest BCUT2D eigenvalue weighted by atomic mass is 16.6. The van der Waals surface area contributed by atoms with Crippen molar-refractivity contribution in [2.45, 2.75) is 124 Å². The topological polar surface area (TPSA) is 87.7 Å². The van der Waals surface area contributed by atoms with Crippen LogP contribution in [0.5, 0.6) is 0 Å². The van der Waals surface area contributed by atoms with Crippen molar-refractivity contribution in [3.63, 3.8) is 0 Å². The number of alkyl carbamates (subject to hydrolysis) is 1. The summed E-state index contributed by atoms with van der Waals surface area (Å²) in [6, 6.07) is 4.49. The summed E-state index contributed by atoms with van der Waals surface area (Å²) in [5.74, 6) is -0.542. The maximum absolute atomic E-state index is 14.2. The molecule has 208 valence electrons. The lowest BCUT2D eigenvalue weighted by molar-refractivity contribution is -0.143. The highest BCUT2D eigenvalue weighted by Crippen LogP contribution is 2.30. The number of rotatable bonds is 10. The van der Waals surface area contributed by atoms with Crippen LogP contribution in [0, 0.1) is 19.8 Å². The Labute approximate surface area is 224 Å². The van der Waals surface area contributed by atoms with Gasteiger partial charge in [0.1, 0.15) is 17.7 Å². The average molecular weight is 516 g/mol. The zero-order valence-corrected chi connectivity index (χ0v) is 24.3. The molecule has 1 aliphatic carbocycles. The molecule has 3 amide bonds. The van der Waals surface area contributed by atoms with Crippen molar-refractivity contribution in [1.82, 2.24) is 15.5 Å². The molecule has 1 fully saturated rings. The van der Waals surface area contributed by atoms with Crippen LogP contribution < -0.4 is 10.6 Å². The molecule has 1 saturated carbocycles. The molecule has 2 rings (SSSR count). The second kappa shape index (κ2) is 13.8. The van der Waals surface area contributed by atoms with Crippen LogP contribution in [-0.2, 0) is 14.3 Å². The third-order valence-corrected chi connectivity index (χ3v) is 7.23. The monoisotopic (exact) mass is 515 g/mol. The summed E-state index contributed by atoms with van der Waals surface area (Å²) in [7, 11) is 0. The Balaban J connectivity index is 2.51. The average Bonchev–Trinajstić information content (AvgIpc) is 2.82. The zero-order valence-electron chi connectivity index (χ0n) is 24.3. The fourth-order valence-corrected chi connectivity index (χ4v) is 5.12. The number of amides is 3. The lowest BCUT2D eigenvalue weighted by Crippen LogP contribution is -2.56. The first kappa shape index (κ1) is 30.7. The molecule has 1 aliphatic rings. The quantitative estimate of drug-likeness (QED) is 0.402. The SMILES string of the molecule is CCCN(C(=O)C(NC(=O)OC(C)(C)C)C(C)CC)C(C(=O)NC1CCCCC1)c1c(C)cccc1C. The van der Waals surface area contributed by atoms with Crippen molar-refractivity contribution in [2.75, 3.05) is 6.54 Å². The molecule has 1 aromatic carbocycles. The maximum atomic E-state index is 14.2. The van der Waals surface area contributed by atoms with Gasteiger partial charge < -0.3 is 20.3 Å². The minimum atomic E-state index is -0.805. The molecule has 0 spiro atoms. The Morgan fingerprint density at radius 3 is 2.16 bits per heavy atom. The van der Waals surface area contributed by atoms with Crippen LogP contribution in [0.15, 0.2) is 18.2 Å². The second-order valence-corrected chi connectivity index (χ2v) is 11.6. The first-order valence-corrected chi connectivity index (χ1v) is 14.1. The Morgan fingerprint density at radius 2 is 1.65 bits per heavy atom. The minimum absolute atomic E-state index is 0.122. The van der Waals surface area contributed by atoms with Crippen LogP contribution in [-0.4, -0.2) is 47.0 Å². The molecule has 37 heavy (non-hydrogen) atoms. The number of nitrogens with zero attached hydrogens (tertiary/aromatic N) is 1. The number of carbonyl (C=O) groups is 3. The summed E-state index contributed by atoms with van der Waals surface area (Å²) in [6.45, 7) is 15.7. The van der Waals surface area contributed by atoms with Crippen LogP contribution in [0.2, 0.25) is 0 Å². The predicted octanol–water partition coefficient (Wildman–Crippen LogP) is 5.97. The number of nitrogens with one attached hydrogen (secondary N) is 2. The second-order valence-electron chi connectivity index (χ2n) is 11.6. The van der Waals surface area contributed by atoms with Crippen molar-refractivity contribution in [1.29, 1.82) is 0 Å². The van der Waals surface area contributed by atoms with Gasteiger partial charge in [0, 0.05) is 12.6 Å². The van der Waals surface area contributed by atoms with Crippen LogP contribution in [0.25, 0.3) is 0 Å². The van der Waals surface area contributed by atoms with Crippen molar-refractivity contribution in [2.24, 2.45) is 5.92 Å². The molecule has 7 heteroatoms. The number of hydrogen-bond acceptors (Lipinski definition) is 4. The number of benzene rings is 1. The van der Waals surface area contributed by atoms with Gasteiger partial charge in [-0.25, -0.2) is 4.79 Å². The fraction of sp³-hybridized carbons (Fsp3) is 0.700. The number of hydrogen-bond donors (Lipinski definition) is 2. The summed E-state index contributed by atoms with van der Waals surface area (Å²) in [4.78, 5) is 42.7. The Hall–Kier alpha value is -2.57. The van der Waals surface area contributed by atoms with Gasteiger partial charge in [0.15, 0.2) is 0 Å². The van der Waals surface area contributed by atoms with Gasteiger partial charge >= 0.3 is 6.09 Å². The van der Waals surface area contributed by atoms with Crippen LogP contribution in [0.3, 0.4) is 0 Å². The van der Waals surface area contributed by atoms with Gasteiger partial charge in [0.25, 0.3) is 0 Å². The van der Waals surface area contributed by atoms with E-state index in [9.17, 15) is 14.4 Å². The van der Waals surface area contributed by atoms with E-state index in [4.69, 9.17) is 4.74 Å². The summed E-state index contributed by atoms with van der Waals surface area (Å²) < 4.78 is 5.48. The van der Waals surface area contributed by atoms with Gasteiger partial charge in [-0.2, -0.15) is 0 Å². The summed E-state index contributed by atoms with van der Waals surface area (Å²) in [5.41, 5.74) is 2.12. The molecule has 3 unspecified atom stereocenters. The Kier molecular flexibility index (Phi) is 11.5. The highest BCUT2D eigenvalue weighted by molar-refractivity contribution is 5.92. The highest BCUT2D eigenvalue weighted by Gasteiger charge is 2.39. The van der Waals surface area contributed by atoms with Crippen molar-refractivity contribution < 1.29 is 19.1 Å². The molecular formula is C30H49N3O4. The van der Waals surface area contributed by atoms with E-state index in [0.717, 1.165) is 42.4 Å². The molecule has 0 aromatic heterocycles. The molecule has 1 aromatic rings. The van der Waals surface area contributed by atoms with Crippen LogP contribution >= 0.6 is 0 Å². The van der Waals surface area contributed by atoms with Gasteiger partial charge in [0.05, 0.1) is 0 Å². The van der Waals surface area contributed by atoms with Crippen LogP contribution in [0.4, 0.5) is 4.79 Å². The van der Waals surface area contributed by atoms with E-state index in [2.05, 4.69) is 10.6 Å². The van der Waals surface area contributed by atoms with Crippen molar-refractivity contribution >= 4 is 17.9 Å². The van der Waals surface area contributed by atoms with Gasteiger partial charge in [-0.1, -0.05) is 64.7 Å². The molecule has 2 N–H and O–H groups in total. The zero-order chi connectivity index (χ0) is 27.8. The van der Waals surface area contributed by atoms with Gasteiger partial charge in [0.2, 0.25) is 11.8 Å². The molecule has 0 bridgehead atoms. The standard InChI is InChI=1S/C30H49N3O4/c1-9-19-33(28(35)25(20(3)10-2)32-29(36)37-30(6,7)8)26(24-21(4)15-14-16-22(24)5)27(34)31-23-17-12-11-13-18-23/h14-16,20,23,25-26H,9-13,17-19H2,1-8H3,(H,31,34)(H,32,36). The van der Waals surface area contributed by atoms with E-state index < -0.39 is 23.8 Å². The van der Waals surface area contributed by atoms with Gasteiger partial charge in [-0.05, 0) is 76.5 Å². The van der Waals surface area contributed by atoms with E-state index >= 15 is 0 Å².